The van der Waals surface area contributed by atoms with Crippen LogP contribution in [0.5, 0.6) is 0 Å². The number of rotatable bonds is 6. The topological polar surface area (TPSA) is 65.2 Å². The minimum atomic E-state index is -0.914. The third kappa shape index (κ3) is 4.84. The maximum absolute atomic E-state index is 11.4. The number of thioether (sulfide) groups is 1. The Hall–Kier alpha value is -0.780. The van der Waals surface area contributed by atoms with Crippen LogP contribution >= 0.6 is 23.4 Å². The quantitative estimate of drug-likeness (QED) is 0.495. The van der Waals surface area contributed by atoms with E-state index in [0.29, 0.717) is 11.4 Å². The molecule has 0 bridgehead atoms. The molecule has 2 N–H and O–H groups in total. The lowest BCUT2D eigenvalue weighted by molar-refractivity contribution is -0.146. The standard InChI is InChI=1S/C12H17ClN2O2S/c1-12(14,11(16)17-2)6-3-7-18-10-5-4-9(13)8-15-10/h4-5,8H,3,6-7,14H2,1-2H3. The number of nitrogens with two attached hydrogens (primary N) is 1. The van der Waals surface area contributed by atoms with Crippen LogP contribution in [0.25, 0.3) is 0 Å². The number of carbonyl (C=O) groups is 1. The zero-order chi connectivity index (χ0) is 13.6. The maximum Gasteiger partial charge on any atom is 0.325 e. The summed E-state index contributed by atoms with van der Waals surface area (Å²) in [5.74, 6) is 0.468. The first-order chi connectivity index (χ1) is 8.45. The van der Waals surface area contributed by atoms with Crippen LogP contribution in [0.15, 0.2) is 23.4 Å². The molecule has 18 heavy (non-hydrogen) atoms. The molecule has 4 nitrogen and oxygen atoms in total. The molecule has 1 aromatic rings. The molecule has 0 radical (unpaired) electrons. The molecule has 0 aliphatic rings. The van der Waals surface area contributed by atoms with Crippen molar-refractivity contribution in [3.05, 3.63) is 23.4 Å². The van der Waals surface area contributed by atoms with Gasteiger partial charge in [0, 0.05) is 6.20 Å². The highest BCUT2D eigenvalue weighted by Crippen LogP contribution is 2.20. The number of hydrogen-bond acceptors (Lipinski definition) is 5. The molecule has 0 amide bonds. The summed E-state index contributed by atoms with van der Waals surface area (Å²) >= 11 is 7.36. The molecule has 1 unspecified atom stereocenters. The smallest absolute Gasteiger partial charge is 0.325 e. The van der Waals surface area contributed by atoms with Gasteiger partial charge >= 0.3 is 5.97 Å². The van der Waals surface area contributed by atoms with Gasteiger partial charge in [-0.25, -0.2) is 4.98 Å². The Morgan fingerprint density at radius 3 is 2.89 bits per heavy atom. The Labute approximate surface area is 116 Å². The first-order valence-electron chi connectivity index (χ1n) is 5.57. The van der Waals surface area contributed by atoms with E-state index < -0.39 is 5.54 Å². The Morgan fingerprint density at radius 2 is 2.33 bits per heavy atom. The van der Waals surface area contributed by atoms with Crippen molar-refractivity contribution in [1.82, 2.24) is 4.98 Å². The van der Waals surface area contributed by atoms with Crippen molar-refractivity contribution in [2.75, 3.05) is 12.9 Å². The second-order valence-corrected chi connectivity index (χ2v) is 5.73. The monoisotopic (exact) mass is 288 g/mol. The van der Waals surface area contributed by atoms with E-state index in [9.17, 15) is 4.79 Å². The lowest BCUT2D eigenvalue weighted by atomic mass is 9.98. The molecule has 0 saturated heterocycles. The van der Waals surface area contributed by atoms with Gasteiger partial charge in [0.15, 0.2) is 0 Å². The predicted octanol–water partition coefficient (Wildman–Crippen LogP) is 2.50. The average Bonchev–Trinajstić information content (AvgIpc) is 2.35. The van der Waals surface area contributed by atoms with Gasteiger partial charge in [0.25, 0.3) is 0 Å². The average molecular weight is 289 g/mol. The summed E-state index contributed by atoms with van der Waals surface area (Å²) in [5, 5.41) is 1.54. The summed E-state index contributed by atoms with van der Waals surface area (Å²) in [7, 11) is 1.35. The summed E-state index contributed by atoms with van der Waals surface area (Å²) in [6.07, 6.45) is 3.02. The summed E-state index contributed by atoms with van der Waals surface area (Å²) < 4.78 is 4.65. The van der Waals surface area contributed by atoms with Crippen molar-refractivity contribution in [2.45, 2.75) is 30.3 Å². The van der Waals surface area contributed by atoms with Crippen molar-refractivity contribution in [3.8, 4) is 0 Å². The van der Waals surface area contributed by atoms with Gasteiger partial charge in [0.2, 0.25) is 0 Å². The normalized spacial score (nSPS) is 14.0. The second-order valence-electron chi connectivity index (χ2n) is 4.18. The molecule has 0 fully saturated rings. The van der Waals surface area contributed by atoms with E-state index in [2.05, 4.69) is 9.72 Å². The summed E-state index contributed by atoms with van der Waals surface area (Å²) in [4.78, 5) is 15.5. The third-order valence-corrected chi connectivity index (χ3v) is 3.70. The molecule has 100 valence electrons. The van der Waals surface area contributed by atoms with Crippen molar-refractivity contribution in [3.63, 3.8) is 0 Å². The zero-order valence-electron chi connectivity index (χ0n) is 10.5. The van der Waals surface area contributed by atoms with Gasteiger partial charge in [0.1, 0.15) is 5.54 Å². The van der Waals surface area contributed by atoms with E-state index in [4.69, 9.17) is 17.3 Å². The van der Waals surface area contributed by atoms with E-state index >= 15 is 0 Å². The maximum atomic E-state index is 11.4. The summed E-state index contributed by atoms with van der Waals surface area (Å²) in [5.41, 5.74) is 4.94. The molecule has 0 saturated carbocycles. The summed E-state index contributed by atoms with van der Waals surface area (Å²) in [6, 6.07) is 3.67. The number of hydrogen-bond donors (Lipinski definition) is 1. The molecular weight excluding hydrogens is 272 g/mol. The number of methoxy groups -OCH3 is 1. The van der Waals surface area contributed by atoms with Crippen molar-refractivity contribution in [2.24, 2.45) is 5.73 Å². The van der Waals surface area contributed by atoms with E-state index in [1.165, 1.54) is 7.11 Å². The molecular formula is C12H17ClN2O2S. The molecule has 0 aliphatic carbocycles. The van der Waals surface area contributed by atoms with Crippen molar-refractivity contribution in [1.29, 1.82) is 0 Å². The number of nitrogens with zero attached hydrogens (tertiary/aromatic N) is 1. The molecule has 1 heterocycles. The fraction of sp³-hybridized carbons (Fsp3) is 0.500. The van der Waals surface area contributed by atoms with Crippen LogP contribution in [0.4, 0.5) is 0 Å². The molecule has 0 aromatic carbocycles. The molecule has 1 rings (SSSR count). The van der Waals surface area contributed by atoms with Gasteiger partial charge in [-0.05, 0) is 37.7 Å². The van der Waals surface area contributed by atoms with Crippen molar-refractivity contribution >= 4 is 29.3 Å². The highest BCUT2D eigenvalue weighted by Gasteiger charge is 2.28. The van der Waals surface area contributed by atoms with Crippen LogP contribution in [0, 0.1) is 0 Å². The fourth-order valence-electron chi connectivity index (χ4n) is 1.40. The predicted molar refractivity (Wildman–Crippen MR) is 73.8 cm³/mol. The van der Waals surface area contributed by atoms with Gasteiger partial charge in [-0.15, -0.1) is 11.8 Å². The first kappa shape index (κ1) is 15.3. The highest BCUT2D eigenvalue weighted by molar-refractivity contribution is 7.99. The number of carbonyl (C=O) groups excluding carboxylic acids is 1. The number of esters is 1. The number of ether oxygens (including phenoxy) is 1. The second kappa shape index (κ2) is 6.97. The van der Waals surface area contributed by atoms with Gasteiger partial charge in [-0.1, -0.05) is 11.6 Å². The largest absolute Gasteiger partial charge is 0.468 e. The minimum Gasteiger partial charge on any atom is -0.468 e. The Balaban J connectivity index is 2.30. The molecule has 1 atom stereocenters. The Kier molecular flexibility index (Phi) is 5.91. The SMILES string of the molecule is COC(=O)C(C)(N)CCCSc1ccc(Cl)cn1. The molecule has 6 heteroatoms. The van der Waals surface area contributed by atoms with Crippen LogP contribution in [0.3, 0.4) is 0 Å². The van der Waals surface area contributed by atoms with E-state index in [1.54, 1.807) is 30.9 Å². The lowest BCUT2D eigenvalue weighted by Gasteiger charge is -2.20. The summed E-state index contributed by atoms with van der Waals surface area (Å²) in [6.45, 7) is 1.68. The van der Waals surface area contributed by atoms with E-state index in [1.807, 2.05) is 6.07 Å². The van der Waals surface area contributed by atoms with E-state index in [0.717, 1.165) is 17.2 Å². The van der Waals surface area contributed by atoms with Gasteiger partial charge in [0.05, 0.1) is 17.2 Å². The van der Waals surface area contributed by atoms with Crippen LogP contribution in [-0.4, -0.2) is 29.4 Å². The Morgan fingerprint density at radius 1 is 1.61 bits per heavy atom. The van der Waals surface area contributed by atoms with Crippen LogP contribution in [0.2, 0.25) is 5.02 Å². The van der Waals surface area contributed by atoms with Gasteiger partial charge in [-0.2, -0.15) is 0 Å². The molecule has 0 spiro atoms. The first-order valence-corrected chi connectivity index (χ1v) is 6.94. The van der Waals surface area contributed by atoms with Crippen LogP contribution in [-0.2, 0) is 9.53 Å². The Bertz CT molecular complexity index is 396. The zero-order valence-corrected chi connectivity index (χ0v) is 12.1. The minimum absolute atomic E-state index is 0.378. The van der Waals surface area contributed by atoms with Crippen LogP contribution in [0.1, 0.15) is 19.8 Å². The van der Waals surface area contributed by atoms with Crippen molar-refractivity contribution < 1.29 is 9.53 Å². The molecule has 0 aliphatic heterocycles. The lowest BCUT2D eigenvalue weighted by Crippen LogP contribution is -2.45. The highest BCUT2D eigenvalue weighted by atomic mass is 35.5. The van der Waals surface area contributed by atoms with Gasteiger partial charge < -0.3 is 10.5 Å². The number of halogens is 1. The third-order valence-electron chi connectivity index (χ3n) is 2.44. The van der Waals surface area contributed by atoms with E-state index in [-0.39, 0.29) is 5.97 Å². The number of pyridine rings is 1. The molecule has 1 aromatic heterocycles. The fourth-order valence-corrected chi connectivity index (χ4v) is 2.30. The van der Waals surface area contributed by atoms with Gasteiger partial charge in [-0.3, -0.25) is 4.79 Å². The van der Waals surface area contributed by atoms with Crippen LogP contribution < -0.4 is 5.73 Å². The number of aromatic nitrogens is 1.